The van der Waals surface area contributed by atoms with E-state index in [9.17, 15) is 4.79 Å². The summed E-state index contributed by atoms with van der Waals surface area (Å²) in [5.74, 6) is 1.65. The van der Waals surface area contributed by atoms with Crippen LogP contribution < -0.4 is 10.1 Å². The Morgan fingerprint density at radius 2 is 1.86 bits per heavy atom. The Balaban J connectivity index is 1.41. The summed E-state index contributed by atoms with van der Waals surface area (Å²) in [4.78, 5) is 15.6. The van der Waals surface area contributed by atoms with E-state index in [1.54, 1.807) is 7.11 Å². The van der Waals surface area contributed by atoms with Crippen LogP contribution in [0.5, 0.6) is 5.75 Å². The lowest BCUT2D eigenvalue weighted by Gasteiger charge is -2.43. The van der Waals surface area contributed by atoms with Crippen molar-refractivity contribution in [3.05, 3.63) is 36.0 Å². The van der Waals surface area contributed by atoms with Gasteiger partial charge in [-0.2, -0.15) is 0 Å². The minimum absolute atomic E-state index is 0.156. The summed E-state index contributed by atoms with van der Waals surface area (Å²) >= 11 is 0. The molecule has 2 heterocycles. The number of nitrogens with one attached hydrogen (secondary N) is 1. The highest BCUT2D eigenvalue weighted by Gasteiger charge is 2.45. The number of aromatic nitrogens is 1. The number of hydrogen-bond donors (Lipinski definition) is 1. The average molecular weight is 383 g/mol. The Morgan fingerprint density at radius 1 is 1.14 bits per heavy atom. The van der Waals surface area contributed by atoms with Crippen LogP contribution in [0.3, 0.4) is 0 Å². The molecule has 1 saturated carbocycles. The number of rotatable bonds is 6. The van der Waals surface area contributed by atoms with Crippen LogP contribution in [0, 0.1) is 0 Å². The van der Waals surface area contributed by atoms with Crippen molar-refractivity contribution in [2.24, 2.45) is 0 Å². The third-order valence-corrected chi connectivity index (χ3v) is 6.18. The van der Waals surface area contributed by atoms with Gasteiger partial charge in [0.05, 0.1) is 13.7 Å². The van der Waals surface area contributed by atoms with Crippen molar-refractivity contribution in [1.82, 2.24) is 15.4 Å². The Hall–Kier alpha value is -2.34. The molecule has 6 nitrogen and oxygen atoms in total. The first-order chi connectivity index (χ1) is 13.7. The summed E-state index contributed by atoms with van der Waals surface area (Å²) in [7, 11) is 1.64. The fourth-order valence-electron chi connectivity index (χ4n) is 4.59. The Morgan fingerprint density at radius 3 is 2.54 bits per heavy atom. The Labute approximate surface area is 166 Å². The number of benzene rings is 1. The fraction of sp³-hybridized carbons (Fsp3) is 0.545. The molecule has 2 aliphatic rings. The minimum atomic E-state index is -0.322. The lowest BCUT2D eigenvalue weighted by molar-refractivity contribution is -0.135. The van der Waals surface area contributed by atoms with Gasteiger partial charge in [0.1, 0.15) is 17.0 Å². The summed E-state index contributed by atoms with van der Waals surface area (Å²) in [6, 6.07) is 9.55. The number of amides is 1. The summed E-state index contributed by atoms with van der Waals surface area (Å²) in [5.41, 5.74) is 1.36. The first-order valence-corrected chi connectivity index (χ1v) is 10.3. The van der Waals surface area contributed by atoms with Gasteiger partial charge in [0, 0.05) is 11.6 Å². The van der Waals surface area contributed by atoms with Gasteiger partial charge in [-0.15, -0.1) is 0 Å². The first-order valence-electron chi connectivity index (χ1n) is 10.3. The van der Waals surface area contributed by atoms with Gasteiger partial charge in [0.2, 0.25) is 5.91 Å². The second-order valence-electron chi connectivity index (χ2n) is 7.88. The van der Waals surface area contributed by atoms with Gasteiger partial charge in [-0.1, -0.05) is 24.4 Å². The van der Waals surface area contributed by atoms with Gasteiger partial charge in [-0.3, -0.25) is 9.69 Å². The maximum Gasteiger partial charge on any atom is 0.240 e. The molecular weight excluding hydrogens is 354 g/mol. The lowest BCUT2D eigenvalue weighted by Crippen LogP contribution is -2.58. The fourth-order valence-corrected chi connectivity index (χ4v) is 4.59. The largest absolute Gasteiger partial charge is 0.497 e. The van der Waals surface area contributed by atoms with E-state index in [-0.39, 0.29) is 11.4 Å². The summed E-state index contributed by atoms with van der Waals surface area (Å²) < 4.78 is 10.7. The third-order valence-electron chi connectivity index (χ3n) is 6.18. The molecule has 0 spiro atoms. The van der Waals surface area contributed by atoms with E-state index < -0.39 is 0 Å². The normalized spacial score (nSPS) is 19.5. The molecule has 1 aromatic heterocycles. The van der Waals surface area contributed by atoms with Gasteiger partial charge >= 0.3 is 0 Å². The van der Waals surface area contributed by atoms with E-state index in [0.717, 1.165) is 55.8 Å². The molecule has 2 aromatic rings. The van der Waals surface area contributed by atoms with E-state index in [4.69, 9.17) is 9.26 Å². The minimum Gasteiger partial charge on any atom is -0.497 e. The molecule has 4 rings (SSSR count). The summed E-state index contributed by atoms with van der Waals surface area (Å²) in [6.45, 7) is 2.48. The number of carbonyl (C=O) groups excluding carboxylic acids is 1. The first kappa shape index (κ1) is 19.0. The number of carbonyl (C=O) groups is 1. The van der Waals surface area contributed by atoms with Gasteiger partial charge in [0.15, 0.2) is 5.76 Å². The van der Waals surface area contributed by atoms with Crippen molar-refractivity contribution in [1.29, 1.82) is 0 Å². The van der Waals surface area contributed by atoms with Crippen LogP contribution in [0.25, 0.3) is 11.3 Å². The van der Waals surface area contributed by atoms with Crippen LogP contribution in [0.2, 0.25) is 0 Å². The molecule has 1 amide bonds. The van der Waals surface area contributed by atoms with Crippen LogP contribution in [0.1, 0.15) is 50.6 Å². The predicted octanol–water partition coefficient (Wildman–Crippen LogP) is 3.77. The van der Waals surface area contributed by atoms with Gasteiger partial charge < -0.3 is 14.6 Å². The number of hydrogen-bond acceptors (Lipinski definition) is 5. The van der Waals surface area contributed by atoms with Gasteiger partial charge in [0.25, 0.3) is 0 Å². The van der Waals surface area contributed by atoms with Crippen LogP contribution >= 0.6 is 0 Å². The zero-order chi connectivity index (χ0) is 19.4. The summed E-state index contributed by atoms with van der Waals surface area (Å²) in [6.07, 6.45) is 7.83. The van der Waals surface area contributed by atoms with E-state index in [2.05, 4.69) is 15.4 Å². The number of ether oxygens (including phenoxy) is 1. The molecule has 6 heteroatoms. The van der Waals surface area contributed by atoms with Crippen molar-refractivity contribution >= 4 is 5.91 Å². The van der Waals surface area contributed by atoms with Crippen LogP contribution in [-0.4, -0.2) is 41.7 Å². The number of methoxy groups -OCH3 is 1. The third kappa shape index (κ3) is 3.78. The van der Waals surface area contributed by atoms with Crippen molar-refractivity contribution in [3.8, 4) is 17.1 Å². The molecule has 0 atom stereocenters. The zero-order valence-corrected chi connectivity index (χ0v) is 16.6. The van der Waals surface area contributed by atoms with Crippen LogP contribution in [0.4, 0.5) is 0 Å². The van der Waals surface area contributed by atoms with E-state index in [0.29, 0.717) is 12.3 Å². The molecule has 1 aromatic carbocycles. The second kappa shape index (κ2) is 8.35. The molecule has 0 unspecified atom stereocenters. The highest BCUT2D eigenvalue weighted by Crippen LogP contribution is 2.36. The molecule has 0 bridgehead atoms. The van der Waals surface area contributed by atoms with E-state index in [1.165, 1.54) is 19.3 Å². The molecule has 0 radical (unpaired) electrons. The zero-order valence-electron chi connectivity index (χ0n) is 16.6. The van der Waals surface area contributed by atoms with E-state index in [1.807, 2.05) is 30.3 Å². The van der Waals surface area contributed by atoms with Gasteiger partial charge in [-0.05, 0) is 63.0 Å². The standard InChI is InChI=1S/C22H29N3O3/c1-27-19-9-7-17(8-10-19)20-15-18(24-28-20)16-23-21(26)22(11-3-2-4-12-22)25-13-5-6-14-25/h7-10,15H,2-6,11-14,16H2,1H3,(H,23,26). The molecule has 1 saturated heterocycles. The molecule has 1 aliphatic carbocycles. The summed E-state index contributed by atoms with van der Waals surface area (Å²) in [5, 5.41) is 7.28. The van der Waals surface area contributed by atoms with Gasteiger partial charge in [-0.25, -0.2) is 0 Å². The molecule has 1 N–H and O–H groups in total. The van der Waals surface area contributed by atoms with Crippen molar-refractivity contribution in [2.75, 3.05) is 20.2 Å². The molecule has 28 heavy (non-hydrogen) atoms. The molecule has 2 fully saturated rings. The SMILES string of the molecule is COc1ccc(-c2cc(CNC(=O)C3(N4CCCC4)CCCCC3)no2)cc1. The Kier molecular flexibility index (Phi) is 5.67. The number of nitrogens with zero attached hydrogens (tertiary/aromatic N) is 2. The second-order valence-corrected chi connectivity index (χ2v) is 7.88. The maximum absolute atomic E-state index is 13.2. The van der Waals surface area contributed by atoms with Crippen molar-refractivity contribution < 1.29 is 14.1 Å². The molecule has 1 aliphatic heterocycles. The van der Waals surface area contributed by atoms with E-state index >= 15 is 0 Å². The number of likely N-dealkylation sites (tertiary alicyclic amines) is 1. The average Bonchev–Trinajstić information content (AvgIpc) is 3.45. The maximum atomic E-state index is 13.2. The molecule has 150 valence electrons. The van der Waals surface area contributed by atoms with Crippen LogP contribution in [0.15, 0.2) is 34.9 Å². The lowest BCUT2D eigenvalue weighted by atomic mass is 9.79. The topological polar surface area (TPSA) is 67.6 Å². The van der Waals surface area contributed by atoms with Crippen molar-refractivity contribution in [3.63, 3.8) is 0 Å². The molecular formula is C22H29N3O3. The Bertz CT molecular complexity index is 788. The highest BCUT2D eigenvalue weighted by molar-refractivity contribution is 5.86. The monoisotopic (exact) mass is 383 g/mol. The highest BCUT2D eigenvalue weighted by atomic mass is 16.5. The van der Waals surface area contributed by atoms with Crippen molar-refractivity contribution in [2.45, 2.75) is 57.0 Å². The quantitative estimate of drug-likeness (QED) is 0.822. The predicted molar refractivity (Wildman–Crippen MR) is 107 cm³/mol. The smallest absolute Gasteiger partial charge is 0.240 e. The van der Waals surface area contributed by atoms with Crippen LogP contribution in [-0.2, 0) is 11.3 Å².